The third-order valence-electron chi connectivity index (χ3n) is 2.47. The topological polar surface area (TPSA) is 49.9 Å². The molecule has 1 aromatic rings. The van der Waals surface area contributed by atoms with Crippen LogP contribution in [0, 0.1) is 10.8 Å². The van der Waals surface area contributed by atoms with Gasteiger partial charge in [-0.2, -0.15) is 0 Å². The second kappa shape index (κ2) is 5.21. The third kappa shape index (κ3) is 3.96. The molecule has 2 nitrogen and oxygen atoms in total. The first-order chi connectivity index (χ1) is 7.02. The maximum absolute atomic E-state index is 7.45. The molecular formula is C12H18N2S. The van der Waals surface area contributed by atoms with Gasteiger partial charge in [-0.3, -0.25) is 5.41 Å². The monoisotopic (exact) mass is 222 g/mol. The van der Waals surface area contributed by atoms with Crippen molar-refractivity contribution in [3.8, 4) is 0 Å². The summed E-state index contributed by atoms with van der Waals surface area (Å²) in [5.41, 5.74) is 5.34. The van der Waals surface area contributed by atoms with Crippen LogP contribution in [-0.2, 0) is 0 Å². The van der Waals surface area contributed by atoms with E-state index in [1.165, 1.54) is 4.90 Å². The molecule has 15 heavy (non-hydrogen) atoms. The molecule has 0 unspecified atom stereocenters. The Kier molecular flexibility index (Phi) is 4.21. The summed E-state index contributed by atoms with van der Waals surface area (Å²) in [5.74, 6) is 1.27. The van der Waals surface area contributed by atoms with E-state index in [4.69, 9.17) is 11.1 Å². The second-order valence-corrected chi connectivity index (χ2v) is 5.38. The van der Waals surface area contributed by atoms with E-state index in [-0.39, 0.29) is 11.3 Å². The van der Waals surface area contributed by atoms with Crippen molar-refractivity contribution in [2.24, 2.45) is 11.1 Å². The molecule has 0 atom stereocenters. The van der Waals surface area contributed by atoms with Gasteiger partial charge in [0, 0.05) is 10.3 Å². The molecule has 1 rings (SSSR count). The van der Waals surface area contributed by atoms with E-state index in [2.05, 4.69) is 12.1 Å². The Morgan fingerprint density at radius 2 is 1.93 bits per heavy atom. The Hall–Kier alpha value is -0.960. The van der Waals surface area contributed by atoms with Crippen molar-refractivity contribution < 1.29 is 0 Å². The van der Waals surface area contributed by atoms with Gasteiger partial charge in [0.25, 0.3) is 0 Å². The Morgan fingerprint density at radius 1 is 1.33 bits per heavy atom. The Morgan fingerprint density at radius 3 is 2.47 bits per heavy atom. The quantitative estimate of drug-likeness (QED) is 0.457. The summed E-state index contributed by atoms with van der Waals surface area (Å²) >= 11 is 1.81. The standard InChI is InChI=1S/C12H18N2S/c1-12(2,11(13)14)8-9-15-10-6-4-3-5-7-10/h3-7H,8-9H2,1-2H3,(H3,13,14). The number of nitrogens with one attached hydrogen (secondary N) is 1. The van der Waals surface area contributed by atoms with E-state index in [0.717, 1.165) is 12.2 Å². The van der Waals surface area contributed by atoms with Crippen LogP contribution in [-0.4, -0.2) is 11.6 Å². The van der Waals surface area contributed by atoms with E-state index in [1.54, 1.807) is 0 Å². The van der Waals surface area contributed by atoms with Crippen LogP contribution in [0.3, 0.4) is 0 Å². The summed E-state index contributed by atoms with van der Waals surface area (Å²) in [4.78, 5) is 1.27. The molecule has 3 heteroatoms. The van der Waals surface area contributed by atoms with Gasteiger partial charge in [0.2, 0.25) is 0 Å². The molecular weight excluding hydrogens is 204 g/mol. The predicted octanol–water partition coefficient (Wildman–Crippen LogP) is 3.13. The molecule has 0 aliphatic heterocycles. The first-order valence-corrected chi connectivity index (χ1v) is 6.03. The van der Waals surface area contributed by atoms with Crippen LogP contribution in [0.4, 0.5) is 0 Å². The molecule has 0 fully saturated rings. The number of nitrogens with two attached hydrogens (primary N) is 1. The van der Waals surface area contributed by atoms with Crippen LogP contribution < -0.4 is 5.73 Å². The highest BCUT2D eigenvalue weighted by atomic mass is 32.2. The fourth-order valence-corrected chi connectivity index (χ4v) is 2.27. The number of benzene rings is 1. The SMILES string of the molecule is CC(C)(CCSc1ccccc1)C(=N)N. The molecule has 3 N–H and O–H groups in total. The van der Waals surface area contributed by atoms with Crippen LogP contribution in [0.2, 0.25) is 0 Å². The van der Waals surface area contributed by atoms with Gasteiger partial charge in [-0.05, 0) is 24.3 Å². The molecule has 0 bridgehead atoms. The smallest absolute Gasteiger partial charge is 0.0963 e. The third-order valence-corrected chi connectivity index (χ3v) is 3.48. The van der Waals surface area contributed by atoms with E-state index < -0.39 is 0 Å². The molecule has 0 aliphatic carbocycles. The highest BCUT2D eigenvalue weighted by Crippen LogP contribution is 2.26. The molecule has 82 valence electrons. The molecule has 0 heterocycles. The molecule has 0 saturated heterocycles. The van der Waals surface area contributed by atoms with Crippen LogP contribution in [0.25, 0.3) is 0 Å². The van der Waals surface area contributed by atoms with Crippen LogP contribution >= 0.6 is 11.8 Å². The summed E-state index contributed by atoms with van der Waals surface area (Å²) in [6, 6.07) is 10.3. The van der Waals surface area contributed by atoms with E-state index in [1.807, 2.05) is 43.8 Å². The normalized spacial score (nSPS) is 11.3. The first kappa shape index (κ1) is 12.1. The Balaban J connectivity index is 2.37. The minimum absolute atomic E-state index is 0.179. The summed E-state index contributed by atoms with van der Waals surface area (Å²) in [5, 5.41) is 7.45. The van der Waals surface area contributed by atoms with E-state index in [0.29, 0.717) is 0 Å². The average Bonchev–Trinajstić information content (AvgIpc) is 2.19. The summed E-state index contributed by atoms with van der Waals surface area (Å²) in [7, 11) is 0. The Labute approximate surface area is 95.8 Å². The van der Waals surface area contributed by atoms with E-state index in [9.17, 15) is 0 Å². The zero-order chi connectivity index (χ0) is 11.3. The molecule has 0 amide bonds. The first-order valence-electron chi connectivity index (χ1n) is 5.05. The van der Waals surface area contributed by atoms with E-state index >= 15 is 0 Å². The fraction of sp³-hybridized carbons (Fsp3) is 0.417. The van der Waals surface area contributed by atoms with Gasteiger partial charge < -0.3 is 5.73 Å². The zero-order valence-electron chi connectivity index (χ0n) is 9.29. The van der Waals surface area contributed by atoms with Gasteiger partial charge in [-0.15, -0.1) is 11.8 Å². The van der Waals surface area contributed by atoms with Crippen molar-refractivity contribution in [3.05, 3.63) is 30.3 Å². The number of hydrogen-bond acceptors (Lipinski definition) is 2. The largest absolute Gasteiger partial charge is 0.387 e. The lowest BCUT2D eigenvalue weighted by Crippen LogP contribution is -2.31. The van der Waals surface area contributed by atoms with Crippen molar-refractivity contribution in [3.63, 3.8) is 0 Å². The van der Waals surface area contributed by atoms with Crippen molar-refractivity contribution >= 4 is 17.6 Å². The van der Waals surface area contributed by atoms with Gasteiger partial charge in [0.1, 0.15) is 0 Å². The average molecular weight is 222 g/mol. The van der Waals surface area contributed by atoms with Crippen LogP contribution in [0.15, 0.2) is 35.2 Å². The molecule has 0 saturated carbocycles. The molecule has 1 aromatic carbocycles. The van der Waals surface area contributed by atoms with Gasteiger partial charge in [-0.25, -0.2) is 0 Å². The Bertz CT molecular complexity index is 320. The maximum atomic E-state index is 7.45. The van der Waals surface area contributed by atoms with Crippen molar-refractivity contribution in [1.29, 1.82) is 5.41 Å². The summed E-state index contributed by atoms with van der Waals surface area (Å²) in [6.45, 7) is 4.03. The molecule has 0 aromatic heterocycles. The van der Waals surface area contributed by atoms with Crippen molar-refractivity contribution in [2.75, 3.05) is 5.75 Å². The van der Waals surface area contributed by atoms with Gasteiger partial charge >= 0.3 is 0 Å². The molecule has 0 spiro atoms. The summed E-state index contributed by atoms with van der Waals surface area (Å²) in [6.07, 6.45) is 0.932. The van der Waals surface area contributed by atoms with Gasteiger partial charge in [-0.1, -0.05) is 32.0 Å². The predicted molar refractivity (Wildman–Crippen MR) is 67.5 cm³/mol. The van der Waals surface area contributed by atoms with Gasteiger partial charge in [0.05, 0.1) is 5.84 Å². The lowest BCUT2D eigenvalue weighted by Gasteiger charge is -2.22. The van der Waals surface area contributed by atoms with Crippen LogP contribution in [0.1, 0.15) is 20.3 Å². The molecule has 0 radical (unpaired) electrons. The minimum Gasteiger partial charge on any atom is -0.387 e. The number of rotatable bonds is 5. The molecule has 0 aliphatic rings. The van der Waals surface area contributed by atoms with Crippen LogP contribution in [0.5, 0.6) is 0 Å². The lowest BCUT2D eigenvalue weighted by molar-refractivity contribution is 0.500. The number of hydrogen-bond donors (Lipinski definition) is 2. The lowest BCUT2D eigenvalue weighted by atomic mass is 9.89. The maximum Gasteiger partial charge on any atom is 0.0963 e. The highest BCUT2D eigenvalue weighted by Gasteiger charge is 2.20. The van der Waals surface area contributed by atoms with Crippen molar-refractivity contribution in [1.82, 2.24) is 0 Å². The highest BCUT2D eigenvalue weighted by molar-refractivity contribution is 7.99. The number of amidine groups is 1. The summed E-state index contributed by atoms with van der Waals surface area (Å²) < 4.78 is 0. The van der Waals surface area contributed by atoms with Gasteiger partial charge in [0.15, 0.2) is 0 Å². The minimum atomic E-state index is -0.179. The van der Waals surface area contributed by atoms with Crippen molar-refractivity contribution in [2.45, 2.75) is 25.2 Å². The fourth-order valence-electron chi connectivity index (χ4n) is 1.08. The second-order valence-electron chi connectivity index (χ2n) is 4.21. The number of thioether (sulfide) groups is 1. The zero-order valence-corrected chi connectivity index (χ0v) is 10.1.